The normalized spacial score (nSPS) is 10.9. The van der Waals surface area contributed by atoms with Gasteiger partial charge in [-0.05, 0) is 54.0 Å². The highest BCUT2D eigenvalue weighted by Gasteiger charge is 2.08. The highest BCUT2D eigenvalue weighted by molar-refractivity contribution is 5.90. The van der Waals surface area contributed by atoms with E-state index in [1.807, 2.05) is 49.4 Å². The maximum absolute atomic E-state index is 10.9. The maximum atomic E-state index is 10.9. The minimum atomic E-state index is -0.963. The van der Waals surface area contributed by atoms with E-state index in [4.69, 9.17) is 14.6 Å². The Balaban J connectivity index is 1.78. The van der Waals surface area contributed by atoms with Crippen molar-refractivity contribution < 1.29 is 19.4 Å². The lowest BCUT2D eigenvalue weighted by molar-refractivity contribution is 0.0697. The smallest absolute Gasteiger partial charge is 0.335 e. The van der Waals surface area contributed by atoms with Crippen LogP contribution in [0.25, 0.3) is 11.6 Å². The summed E-state index contributed by atoms with van der Waals surface area (Å²) in [6.45, 7) is 2.28. The number of allylic oxidation sites excluding steroid dienone is 1. The molecule has 0 atom stereocenters. The lowest BCUT2D eigenvalue weighted by Gasteiger charge is -2.12. The van der Waals surface area contributed by atoms with Crippen molar-refractivity contribution in [2.45, 2.75) is 13.5 Å². The Bertz CT molecular complexity index is 1110. The maximum Gasteiger partial charge on any atom is 0.335 e. The number of methoxy groups -OCH3 is 1. The first kappa shape index (κ1) is 20.7. The van der Waals surface area contributed by atoms with Gasteiger partial charge in [0.2, 0.25) is 0 Å². The van der Waals surface area contributed by atoms with Gasteiger partial charge in [-0.1, -0.05) is 48.0 Å². The van der Waals surface area contributed by atoms with Crippen LogP contribution in [0.2, 0.25) is 0 Å². The van der Waals surface area contributed by atoms with Crippen molar-refractivity contribution in [3.05, 3.63) is 94.5 Å². The number of nitriles is 1. The van der Waals surface area contributed by atoms with Crippen molar-refractivity contribution in [1.82, 2.24) is 0 Å². The number of benzene rings is 3. The Morgan fingerprint density at radius 1 is 1.00 bits per heavy atom. The summed E-state index contributed by atoms with van der Waals surface area (Å²) >= 11 is 0. The molecule has 0 bridgehead atoms. The monoisotopic (exact) mass is 399 g/mol. The molecule has 1 N–H and O–H groups in total. The first-order valence-electron chi connectivity index (χ1n) is 9.32. The molecular formula is C25H21NO4. The minimum absolute atomic E-state index is 0.231. The topological polar surface area (TPSA) is 79.5 Å². The number of aromatic carboxylic acids is 1. The molecule has 3 rings (SSSR count). The fourth-order valence-electron chi connectivity index (χ4n) is 2.88. The fraction of sp³-hybridized carbons (Fsp3) is 0.120. The third-order valence-corrected chi connectivity index (χ3v) is 4.58. The van der Waals surface area contributed by atoms with E-state index >= 15 is 0 Å². The zero-order valence-corrected chi connectivity index (χ0v) is 16.8. The molecule has 0 heterocycles. The summed E-state index contributed by atoms with van der Waals surface area (Å²) in [6.07, 6.45) is 1.81. The Labute approximate surface area is 175 Å². The summed E-state index contributed by atoms with van der Waals surface area (Å²) < 4.78 is 11.3. The summed E-state index contributed by atoms with van der Waals surface area (Å²) in [6, 6.07) is 22.0. The summed E-state index contributed by atoms with van der Waals surface area (Å²) in [5, 5.41) is 18.5. The molecule has 0 unspecified atom stereocenters. The number of ether oxygens (including phenoxy) is 2. The van der Waals surface area contributed by atoms with Crippen molar-refractivity contribution in [1.29, 1.82) is 5.26 Å². The van der Waals surface area contributed by atoms with E-state index in [-0.39, 0.29) is 12.2 Å². The highest BCUT2D eigenvalue weighted by atomic mass is 16.5. The highest BCUT2D eigenvalue weighted by Crippen LogP contribution is 2.30. The van der Waals surface area contributed by atoms with Crippen LogP contribution in [0.5, 0.6) is 11.5 Å². The average Bonchev–Trinajstić information content (AvgIpc) is 2.77. The van der Waals surface area contributed by atoms with E-state index in [1.54, 1.807) is 37.4 Å². The van der Waals surface area contributed by atoms with Gasteiger partial charge in [0.15, 0.2) is 11.5 Å². The summed E-state index contributed by atoms with van der Waals surface area (Å²) in [7, 11) is 1.56. The number of hydrogen-bond acceptors (Lipinski definition) is 4. The van der Waals surface area contributed by atoms with Crippen LogP contribution in [0, 0.1) is 18.3 Å². The molecule has 0 saturated heterocycles. The predicted octanol–water partition coefficient (Wildman–Crippen LogP) is 5.35. The van der Waals surface area contributed by atoms with E-state index in [2.05, 4.69) is 6.07 Å². The van der Waals surface area contributed by atoms with Crippen LogP contribution < -0.4 is 9.47 Å². The first-order chi connectivity index (χ1) is 14.5. The molecule has 0 aliphatic heterocycles. The second kappa shape index (κ2) is 9.44. The molecule has 0 saturated carbocycles. The Morgan fingerprint density at radius 3 is 2.27 bits per heavy atom. The molecule has 0 radical (unpaired) electrons. The SMILES string of the molecule is COc1cc(/C=C(\C#N)c2ccc(C)cc2)ccc1OCc1ccc(C(=O)O)cc1. The van der Waals surface area contributed by atoms with E-state index in [1.165, 1.54) is 0 Å². The lowest BCUT2D eigenvalue weighted by Crippen LogP contribution is -2.00. The molecule has 5 heteroatoms. The van der Waals surface area contributed by atoms with Gasteiger partial charge in [-0.2, -0.15) is 5.26 Å². The third kappa shape index (κ3) is 5.06. The zero-order valence-electron chi connectivity index (χ0n) is 16.8. The molecule has 3 aromatic carbocycles. The molecule has 0 fully saturated rings. The van der Waals surface area contributed by atoms with Gasteiger partial charge in [0, 0.05) is 0 Å². The second-order valence-corrected chi connectivity index (χ2v) is 6.74. The molecule has 3 aromatic rings. The van der Waals surface area contributed by atoms with Gasteiger partial charge in [0.25, 0.3) is 0 Å². The number of carbonyl (C=O) groups is 1. The Morgan fingerprint density at radius 2 is 1.67 bits per heavy atom. The molecule has 30 heavy (non-hydrogen) atoms. The quantitative estimate of drug-likeness (QED) is 0.428. The van der Waals surface area contributed by atoms with Crippen LogP contribution in [0.15, 0.2) is 66.7 Å². The van der Waals surface area contributed by atoms with Gasteiger partial charge in [-0.15, -0.1) is 0 Å². The first-order valence-corrected chi connectivity index (χ1v) is 9.32. The van der Waals surface area contributed by atoms with Gasteiger partial charge < -0.3 is 14.6 Å². The number of carboxylic acids is 1. The third-order valence-electron chi connectivity index (χ3n) is 4.58. The molecule has 0 spiro atoms. The molecule has 150 valence electrons. The standard InChI is InChI=1S/C25H21NO4/c1-17-3-8-20(9-4-17)22(15-26)13-19-7-12-23(24(14-19)29-2)30-16-18-5-10-21(11-6-18)25(27)28/h3-14H,16H2,1-2H3,(H,27,28)/b22-13+. The van der Waals surface area contributed by atoms with Gasteiger partial charge in [-0.25, -0.2) is 4.79 Å². The fourth-order valence-corrected chi connectivity index (χ4v) is 2.88. The Kier molecular flexibility index (Phi) is 6.51. The van der Waals surface area contributed by atoms with Crippen molar-refractivity contribution in [3.63, 3.8) is 0 Å². The van der Waals surface area contributed by atoms with E-state index in [0.717, 1.165) is 22.3 Å². The van der Waals surface area contributed by atoms with E-state index in [0.29, 0.717) is 17.1 Å². The molecule has 5 nitrogen and oxygen atoms in total. The van der Waals surface area contributed by atoms with Crippen LogP contribution in [0.3, 0.4) is 0 Å². The van der Waals surface area contributed by atoms with Gasteiger partial charge in [-0.3, -0.25) is 0 Å². The predicted molar refractivity (Wildman–Crippen MR) is 115 cm³/mol. The summed E-state index contributed by atoms with van der Waals surface area (Å²) in [5.41, 5.74) is 4.45. The number of carboxylic acid groups (broad SMARTS) is 1. The van der Waals surface area contributed by atoms with Crippen molar-refractivity contribution >= 4 is 17.6 Å². The van der Waals surface area contributed by atoms with Gasteiger partial charge in [0.1, 0.15) is 6.61 Å². The molecule has 0 aromatic heterocycles. The van der Waals surface area contributed by atoms with Gasteiger partial charge >= 0.3 is 5.97 Å². The van der Waals surface area contributed by atoms with Crippen LogP contribution >= 0.6 is 0 Å². The number of nitrogens with zero attached hydrogens (tertiary/aromatic N) is 1. The second-order valence-electron chi connectivity index (χ2n) is 6.74. The molecule has 0 amide bonds. The van der Waals surface area contributed by atoms with Crippen LogP contribution in [-0.2, 0) is 6.61 Å². The number of rotatable bonds is 7. The number of aryl methyl sites for hydroxylation is 1. The largest absolute Gasteiger partial charge is 0.493 e. The molecular weight excluding hydrogens is 378 g/mol. The lowest BCUT2D eigenvalue weighted by atomic mass is 10.0. The number of hydrogen-bond donors (Lipinski definition) is 1. The summed E-state index contributed by atoms with van der Waals surface area (Å²) in [5.74, 6) is 0.146. The van der Waals surface area contributed by atoms with Crippen LogP contribution in [0.1, 0.15) is 32.6 Å². The average molecular weight is 399 g/mol. The van der Waals surface area contributed by atoms with Gasteiger partial charge in [0.05, 0.1) is 24.3 Å². The zero-order chi connectivity index (χ0) is 21.5. The van der Waals surface area contributed by atoms with Crippen LogP contribution in [0.4, 0.5) is 0 Å². The van der Waals surface area contributed by atoms with Crippen LogP contribution in [-0.4, -0.2) is 18.2 Å². The van der Waals surface area contributed by atoms with Crippen molar-refractivity contribution in [3.8, 4) is 17.6 Å². The van der Waals surface area contributed by atoms with Crippen molar-refractivity contribution in [2.24, 2.45) is 0 Å². The molecule has 0 aliphatic rings. The van der Waals surface area contributed by atoms with E-state index in [9.17, 15) is 10.1 Å². The minimum Gasteiger partial charge on any atom is -0.493 e. The Hall–Kier alpha value is -4.04. The van der Waals surface area contributed by atoms with Crippen molar-refractivity contribution in [2.75, 3.05) is 7.11 Å². The van der Waals surface area contributed by atoms with E-state index < -0.39 is 5.97 Å². The summed E-state index contributed by atoms with van der Waals surface area (Å²) in [4.78, 5) is 10.9. The molecule has 0 aliphatic carbocycles.